The highest BCUT2D eigenvalue weighted by Crippen LogP contribution is 2.30. The van der Waals surface area contributed by atoms with E-state index in [1.807, 2.05) is 36.4 Å². The van der Waals surface area contributed by atoms with Crippen molar-refractivity contribution in [2.24, 2.45) is 5.41 Å². The summed E-state index contributed by atoms with van der Waals surface area (Å²) in [6.45, 7) is 4.49. The number of carboxylic acid groups (broad SMARTS) is 1. The lowest BCUT2D eigenvalue weighted by Gasteiger charge is -2.48. The van der Waals surface area contributed by atoms with Crippen molar-refractivity contribution in [3.05, 3.63) is 72.3 Å². The van der Waals surface area contributed by atoms with Gasteiger partial charge in [-0.25, -0.2) is 4.79 Å². The molecule has 0 radical (unpaired) electrons. The van der Waals surface area contributed by atoms with Crippen LogP contribution in [0.5, 0.6) is 5.75 Å². The fraction of sp³-hybridized carbons (Fsp3) is 0.308. The number of rotatable bonds is 9. The van der Waals surface area contributed by atoms with Gasteiger partial charge in [-0.15, -0.1) is 0 Å². The summed E-state index contributed by atoms with van der Waals surface area (Å²) in [7, 11) is 0. The highest BCUT2D eigenvalue weighted by molar-refractivity contribution is 6.10. The molecule has 3 unspecified atom stereocenters. The molecule has 0 saturated carbocycles. The fourth-order valence-electron chi connectivity index (χ4n) is 3.60. The predicted molar refractivity (Wildman–Crippen MR) is 126 cm³/mol. The molecule has 3 atom stereocenters. The van der Waals surface area contributed by atoms with Crippen molar-refractivity contribution in [1.82, 2.24) is 10.2 Å². The Balaban J connectivity index is 1.81. The molecule has 8 heteroatoms. The van der Waals surface area contributed by atoms with Crippen LogP contribution in [0.1, 0.15) is 26.3 Å². The lowest BCUT2D eigenvalue weighted by molar-refractivity contribution is -0.169. The zero-order valence-corrected chi connectivity index (χ0v) is 19.3. The molecule has 1 aliphatic heterocycles. The van der Waals surface area contributed by atoms with Crippen molar-refractivity contribution in [2.75, 3.05) is 6.61 Å². The first-order valence-corrected chi connectivity index (χ1v) is 10.9. The highest BCUT2D eigenvalue weighted by Gasteiger charge is 2.55. The van der Waals surface area contributed by atoms with Gasteiger partial charge in [-0.3, -0.25) is 14.4 Å². The van der Waals surface area contributed by atoms with Crippen molar-refractivity contribution < 1.29 is 29.0 Å². The third-order valence-corrected chi connectivity index (χ3v) is 5.40. The number of hydrogen-bond donors (Lipinski definition) is 2. The molecule has 0 aliphatic carbocycles. The van der Waals surface area contributed by atoms with E-state index in [2.05, 4.69) is 5.32 Å². The van der Waals surface area contributed by atoms with Crippen molar-refractivity contribution in [2.45, 2.75) is 38.9 Å². The molecule has 1 aliphatic rings. The molecule has 0 bridgehead atoms. The summed E-state index contributed by atoms with van der Waals surface area (Å²) in [5, 5.41) is 12.4. The first kappa shape index (κ1) is 24.7. The summed E-state index contributed by atoms with van der Waals surface area (Å²) in [5.41, 5.74) is -0.150. The largest absolute Gasteiger partial charge is 0.484 e. The minimum Gasteiger partial charge on any atom is -0.484 e. The molecule has 1 saturated heterocycles. The van der Waals surface area contributed by atoms with Gasteiger partial charge < -0.3 is 20.1 Å². The molecule has 2 amide bonds. The molecule has 0 aromatic heterocycles. The SMILES string of the molecule is CC(C)(C)C(=O)C(C(=O)O)N1C(=O)C(NC(=O)COc2ccccc2)C1C=Cc1ccccc1. The van der Waals surface area contributed by atoms with E-state index in [9.17, 15) is 24.3 Å². The van der Waals surface area contributed by atoms with E-state index in [1.54, 1.807) is 57.2 Å². The number of ketones is 1. The van der Waals surface area contributed by atoms with Gasteiger partial charge in [-0.1, -0.05) is 81.5 Å². The first-order valence-electron chi connectivity index (χ1n) is 10.9. The van der Waals surface area contributed by atoms with Crippen LogP contribution in [-0.2, 0) is 19.2 Å². The van der Waals surface area contributed by atoms with Crippen molar-refractivity contribution in [3.8, 4) is 5.75 Å². The van der Waals surface area contributed by atoms with Gasteiger partial charge in [-0.2, -0.15) is 0 Å². The Bertz CT molecular complexity index is 1080. The third kappa shape index (κ3) is 5.70. The Labute approximate surface area is 198 Å². The molecule has 0 spiro atoms. The second-order valence-electron chi connectivity index (χ2n) is 9.01. The molecular formula is C26H28N2O6. The van der Waals surface area contributed by atoms with E-state index in [1.165, 1.54) is 0 Å². The molecule has 1 heterocycles. The smallest absolute Gasteiger partial charge is 0.334 e. The monoisotopic (exact) mass is 464 g/mol. The Morgan fingerprint density at radius 2 is 1.65 bits per heavy atom. The number of carbonyl (C=O) groups excluding carboxylic acids is 3. The number of nitrogens with zero attached hydrogens (tertiary/aromatic N) is 1. The molecule has 3 rings (SSSR count). The number of hydrogen-bond acceptors (Lipinski definition) is 5. The maximum Gasteiger partial charge on any atom is 0.334 e. The number of benzene rings is 2. The maximum absolute atomic E-state index is 13.0. The van der Waals surface area contributed by atoms with Crippen LogP contribution in [0, 0.1) is 5.41 Å². The van der Waals surface area contributed by atoms with E-state index >= 15 is 0 Å². The van der Waals surface area contributed by atoms with Gasteiger partial charge in [0.25, 0.3) is 5.91 Å². The van der Waals surface area contributed by atoms with E-state index in [0.29, 0.717) is 5.75 Å². The number of β-lactam (4-membered cyclic amide) rings is 1. The standard InChI is InChI=1S/C26H28N2O6/c1-26(2,3)23(30)22(25(32)33)28-19(15-14-17-10-6-4-7-11-17)21(24(28)31)27-20(29)16-34-18-12-8-5-9-13-18/h4-15,19,21-22H,16H2,1-3H3,(H,27,29)(H,32,33). The zero-order chi connectivity index (χ0) is 24.9. The predicted octanol–water partition coefficient (Wildman–Crippen LogP) is 2.54. The molecular weight excluding hydrogens is 436 g/mol. The number of carboxylic acids is 1. The Kier molecular flexibility index (Phi) is 7.50. The number of likely N-dealkylation sites (tertiary alicyclic amines) is 1. The van der Waals surface area contributed by atoms with Crippen LogP contribution in [0.3, 0.4) is 0 Å². The van der Waals surface area contributed by atoms with Crippen LogP contribution in [0.25, 0.3) is 6.08 Å². The molecule has 2 N–H and O–H groups in total. The lowest BCUT2D eigenvalue weighted by Crippen LogP contribution is -2.75. The topological polar surface area (TPSA) is 113 Å². The van der Waals surface area contributed by atoms with Gasteiger partial charge >= 0.3 is 5.97 Å². The van der Waals surface area contributed by atoms with Crippen LogP contribution in [-0.4, -0.2) is 58.3 Å². The van der Waals surface area contributed by atoms with E-state index < -0.39 is 47.1 Å². The molecule has 1 fully saturated rings. The summed E-state index contributed by atoms with van der Waals surface area (Å²) in [5.74, 6) is -2.68. The van der Waals surface area contributed by atoms with Crippen molar-refractivity contribution >= 4 is 29.6 Å². The number of ether oxygens (including phenoxy) is 1. The minimum atomic E-state index is -1.66. The first-order chi connectivity index (χ1) is 16.1. The molecule has 2 aromatic carbocycles. The van der Waals surface area contributed by atoms with Crippen LogP contribution < -0.4 is 10.1 Å². The van der Waals surface area contributed by atoms with Gasteiger partial charge in [0, 0.05) is 5.41 Å². The minimum absolute atomic E-state index is 0.313. The number of para-hydroxylation sites is 1. The van der Waals surface area contributed by atoms with Gasteiger partial charge in [0.1, 0.15) is 11.8 Å². The summed E-state index contributed by atoms with van der Waals surface area (Å²) in [4.78, 5) is 51.4. The van der Waals surface area contributed by atoms with E-state index in [0.717, 1.165) is 10.5 Å². The summed E-state index contributed by atoms with van der Waals surface area (Å²) in [6, 6.07) is 14.5. The second kappa shape index (κ2) is 10.3. The van der Waals surface area contributed by atoms with Gasteiger partial charge in [-0.05, 0) is 17.7 Å². The summed E-state index contributed by atoms with van der Waals surface area (Å²) < 4.78 is 5.43. The number of carbonyl (C=O) groups is 4. The molecule has 8 nitrogen and oxygen atoms in total. The summed E-state index contributed by atoms with van der Waals surface area (Å²) >= 11 is 0. The maximum atomic E-state index is 13.0. The van der Waals surface area contributed by atoms with Crippen molar-refractivity contribution in [1.29, 1.82) is 0 Å². The number of nitrogens with one attached hydrogen (secondary N) is 1. The molecule has 2 aromatic rings. The van der Waals surface area contributed by atoms with E-state index in [4.69, 9.17) is 4.74 Å². The van der Waals surface area contributed by atoms with Crippen LogP contribution in [0.4, 0.5) is 0 Å². The van der Waals surface area contributed by atoms with Crippen LogP contribution in [0.15, 0.2) is 66.7 Å². The number of amides is 2. The van der Waals surface area contributed by atoms with Gasteiger partial charge in [0.2, 0.25) is 5.91 Å². The fourth-order valence-corrected chi connectivity index (χ4v) is 3.60. The molecule has 34 heavy (non-hydrogen) atoms. The third-order valence-electron chi connectivity index (χ3n) is 5.40. The number of aliphatic carboxylic acids is 1. The summed E-state index contributed by atoms with van der Waals surface area (Å²) in [6.07, 6.45) is 3.36. The lowest BCUT2D eigenvalue weighted by atomic mass is 9.82. The van der Waals surface area contributed by atoms with Crippen LogP contribution in [0.2, 0.25) is 0 Å². The number of Topliss-reactive ketones (excluding diaryl/α,β-unsaturated/α-hetero) is 1. The van der Waals surface area contributed by atoms with Crippen LogP contribution >= 0.6 is 0 Å². The van der Waals surface area contributed by atoms with Gasteiger partial charge in [0.05, 0.1) is 6.04 Å². The van der Waals surface area contributed by atoms with Gasteiger partial charge in [0.15, 0.2) is 18.4 Å². The average Bonchev–Trinajstić information content (AvgIpc) is 2.81. The van der Waals surface area contributed by atoms with E-state index in [-0.39, 0.29) is 6.61 Å². The average molecular weight is 465 g/mol. The Hall–Kier alpha value is -3.94. The zero-order valence-electron chi connectivity index (χ0n) is 19.3. The quantitative estimate of drug-likeness (QED) is 0.436. The highest BCUT2D eigenvalue weighted by atomic mass is 16.5. The Morgan fingerprint density at radius 1 is 1.06 bits per heavy atom. The second-order valence-corrected chi connectivity index (χ2v) is 9.01. The Morgan fingerprint density at radius 3 is 2.21 bits per heavy atom. The van der Waals surface area contributed by atoms with Crippen molar-refractivity contribution in [3.63, 3.8) is 0 Å². The normalized spacial score (nSPS) is 18.8. The molecule has 178 valence electrons.